The van der Waals surface area contributed by atoms with Crippen LogP contribution >= 0.6 is 27.7 Å². The zero-order chi connectivity index (χ0) is 15.1. The largest absolute Gasteiger partial charge is 0.313 e. The Morgan fingerprint density at radius 2 is 1.81 bits per heavy atom. The van der Waals surface area contributed by atoms with Crippen molar-refractivity contribution in [2.75, 3.05) is 12.3 Å². The maximum Gasteiger partial charge on any atom is 0.0189 e. The summed E-state index contributed by atoms with van der Waals surface area (Å²) >= 11 is 5.50. The highest BCUT2D eigenvalue weighted by Gasteiger charge is 2.26. The van der Waals surface area contributed by atoms with Gasteiger partial charge in [-0.2, -0.15) is 0 Å². The fourth-order valence-electron chi connectivity index (χ4n) is 3.34. The Hall–Kier alpha value is 0.01000. The first-order chi connectivity index (χ1) is 10.2. The molecule has 1 N–H and O–H groups in total. The van der Waals surface area contributed by atoms with E-state index in [4.69, 9.17) is 0 Å². The molecule has 0 aliphatic heterocycles. The zero-order valence-electron chi connectivity index (χ0n) is 13.3. The molecule has 1 unspecified atom stereocenters. The summed E-state index contributed by atoms with van der Waals surface area (Å²) in [5, 5.41) is 3.74. The zero-order valence-corrected chi connectivity index (χ0v) is 15.7. The van der Waals surface area contributed by atoms with Gasteiger partial charge in [0.1, 0.15) is 0 Å². The third kappa shape index (κ3) is 5.61. The molecule has 0 amide bonds. The Labute approximate surface area is 142 Å². The SMILES string of the molecule is CCNC(CSc1ccc(Br)cc1)C1CCC(CC)CC1. The van der Waals surface area contributed by atoms with Crippen molar-refractivity contribution >= 4 is 27.7 Å². The highest BCUT2D eigenvalue weighted by Crippen LogP contribution is 2.34. The van der Waals surface area contributed by atoms with E-state index in [1.54, 1.807) is 0 Å². The summed E-state index contributed by atoms with van der Waals surface area (Å²) in [6.07, 6.45) is 7.07. The summed E-state index contributed by atoms with van der Waals surface area (Å²) in [6.45, 7) is 5.66. The molecule has 1 aromatic rings. The Kier molecular flexibility index (Phi) is 7.62. The van der Waals surface area contributed by atoms with Crippen molar-refractivity contribution in [1.82, 2.24) is 5.32 Å². The lowest BCUT2D eigenvalue weighted by molar-refractivity contribution is 0.229. The van der Waals surface area contributed by atoms with E-state index in [1.165, 1.54) is 42.8 Å². The molecule has 1 fully saturated rings. The number of nitrogens with one attached hydrogen (secondary N) is 1. The van der Waals surface area contributed by atoms with Gasteiger partial charge in [-0.05, 0) is 55.5 Å². The van der Waals surface area contributed by atoms with Gasteiger partial charge in [-0.3, -0.25) is 0 Å². The molecule has 1 atom stereocenters. The summed E-state index contributed by atoms with van der Waals surface area (Å²) in [7, 11) is 0. The van der Waals surface area contributed by atoms with Crippen LogP contribution < -0.4 is 5.32 Å². The maximum absolute atomic E-state index is 3.74. The van der Waals surface area contributed by atoms with Gasteiger partial charge in [0.25, 0.3) is 0 Å². The van der Waals surface area contributed by atoms with Crippen molar-refractivity contribution < 1.29 is 0 Å². The van der Waals surface area contributed by atoms with Crippen molar-refractivity contribution in [3.05, 3.63) is 28.7 Å². The molecule has 3 heteroatoms. The molecule has 1 aliphatic rings. The van der Waals surface area contributed by atoms with Gasteiger partial charge in [-0.15, -0.1) is 11.8 Å². The lowest BCUT2D eigenvalue weighted by atomic mass is 9.78. The molecule has 2 rings (SSSR count). The van der Waals surface area contributed by atoms with Crippen LogP contribution in [0.25, 0.3) is 0 Å². The van der Waals surface area contributed by atoms with Crippen LogP contribution in [0.4, 0.5) is 0 Å². The van der Waals surface area contributed by atoms with Crippen molar-refractivity contribution in [3.63, 3.8) is 0 Å². The van der Waals surface area contributed by atoms with Gasteiger partial charge >= 0.3 is 0 Å². The molecule has 21 heavy (non-hydrogen) atoms. The average molecular weight is 370 g/mol. The first kappa shape index (κ1) is 17.4. The molecular weight excluding hydrogens is 342 g/mol. The number of benzene rings is 1. The third-order valence-electron chi connectivity index (χ3n) is 4.75. The molecule has 1 nitrogen and oxygen atoms in total. The first-order valence-electron chi connectivity index (χ1n) is 8.34. The number of halogens is 1. The monoisotopic (exact) mass is 369 g/mol. The molecule has 0 aromatic heterocycles. The van der Waals surface area contributed by atoms with Crippen LogP contribution in [0.1, 0.15) is 46.0 Å². The second kappa shape index (κ2) is 9.22. The Morgan fingerprint density at radius 3 is 2.38 bits per heavy atom. The summed E-state index contributed by atoms with van der Waals surface area (Å²) in [5.41, 5.74) is 0. The lowest BCUT2D eigenvalue weighted by Gasteiger charge is -2.34. The molecule has 118 valence electrons. The van der Waals surface area contributed by atoms with E-state index in [-0.39, 0.29) is 0 Å². The van der Waals surface area contributed by atoms with Crippen LogP contribution in [0.3, 0.4) is 0 Å². The standard InChI is InChI=1S/C18H28BrNS/c1-3-14-5-7-15(8-6-14)18(20-4-2)13-21-17-11-9-16(19)10-12-17/h9-12,14-15,18,20H,3-8,13H2,1-2H3. The minimum Gasteiger partial charge on any atom is -0.313 e. The molecule has 1 aromatic carbocycles. The highest BCUT2D eigenvalue weighted by molar-refractivity contribution is 9.10. The molecule has 0 heterocycles. The van der Waals surface area contributed by atoms with E-state index in [2.05, 4.69) is 59.4 Å². The van der Waals surface area contributed by atoms with Crippen LogP contribution in [-0.2, 0) is 0 Å². The predicted octanol–water partition coefficient (Wildman–Crippen LogP) is 5.74. The molecular formula is C18H28BrNS. The van der Waals surface area contributed by atoms with Gasteiger partial charge < -0.3 is 5.32 Å². The van der Waals surface area contributed by atoms with Crippen molar-refractivity contribution in [1.29, 1.82) is 0 Å². The first-order valence-corrected chi connectivity index (χ1v) is 10.1. The number of thioether (sulfide) groups is 1. The Bertz CT molecular complexity index is 398. The summed E-state index contributed by atoms with van der Waals surface area (Å²) < 4.78 is 1.16. The van der Waals surface area contributed by atoms with Gasteiger partial charge in [-0.25, -0.2) is 0 Å². The van der Waals surface area contributed by atoms with E-state index in [0.717, 1.165) is 22.9 Å². The van der Waals surface area contributed by atoms with E-state index in [9.17, 15) is 0 Å². The number of hydrogen-bond donors (Lipinski definition) is 1. The van der Waals surface area contributed by atoms with Gasteiger partial charge in [-0.1, -0.05) is 49.0 Å². The fraction of sp³-hybridized carbons (Fsp3) is 0.667. The maximum atomic E-state index is 3.74. The molecule has 1 aliphatic carbocycles. The number of hydrogen-bond acceptors (Lipinski definition) is 2. The lowest BCUT2D eigenvalue weighted by Crippen LogP contribution is -2.40. The van der Waals surface area contributed by atoms with Crippen LogP contribution in [0.5, 0.6) is 0 Å². The highest BCUT2D eigenvalue weighted by atomic mass is 79.9. The normalized spacial score (nSPS) is 24.0. The molecule has 0 spiro atoms. The molecule has 1 saturated carbocycles. The minimum atomic E-state index is 0.668. The Morgan fingerprint density at radius 1 is 1.14 bits per heavy atom. The van der Waals surface area contributed by atoms with Crippen LogP contribution in [-0.4, -0.2) is 18.3 Å². The van der Waals surface area contributed by atoms with Crippen molar-refractivity contribution in [2.45, 2.75) is 56.9 Å². The molecule has 0 bridgehead atoms. The van der Waals surface area contributed by atoms with Crippen LogP contribution in [0, 0.1) is 11.8 Å². The van der Waals surface area contributed by atoms with Gasteiger partial charge in [0.15, 0.2) is 0 Å². The smallest absolute Gasteiger partial charge is 0.0189 e. The van der Waals surface area contributed by atoms with Gasteiger partial charge in [0.05, 0.1) is 0 Å². The third-order valence-corrected chi connectivity index (χ3v) is 6.41. The number of rotatable bonds is 7. The van der Waals surface area contributed by atoms with E-state index < -0.39 is 0 Å². The summed E-state index contributed by atoms with van der Waals surface area (Å²) in [4.78, 5) is 1.38. The summed E-state index contributed by atoms with van der Waals surface area (Å²) in [5.74, 6) is 3.05. The molecule has 0 radical (unpaired) electrons. The van der Waals surface area contributed by atoms with Crippen LogP contribution in [0.2, 0.25) is 0 Å². The second-order valence-corrected chi connectivity index (χ2v) is 8.13. The van der Waals surface area contributed by atoms with E-state index in [0.29, 0.717) is 6.04 Å². The van der Waals surface area contributed by atoms with Crippen molar-refractivity contribution in [3.8, 4) is 0 Å². The summed E-state index contributed by atoms with van der Waals surface area (Å²) in [6, 6.07) is 9.37. The van der Waals surface area contributed by atoms with Crippen LogP contribution in [0.15, 0.2) is 33.6 Å². The Balaban J connectivity index is 1.85. The van der Waals surface area contributed by atoms with Gasteiger partial charge in [0, 0.05) is 21.2 Å². The molecule has 0 saturated heterocycles. The van der Waals surface area contributed by atoms with Gasteiger partial charge in [0.2, 0.25) is 0 Å². The second-order valence-electron chi connectivity index (χ2n) is 6.12. The average Bonchev–Trinajstić information content (AvgIpc) is 2.53. The minimum absolute atomic E-state index is 0.668. The topological polar surface area (TPSA) is 12.0 Å². The quantitative estimate of drug-likeness (QED) is 0.615. The van der Waals surface area contributed by atoms with Crippen molar-refractivity contribution in [2.24, 2.45) is 11.8 Å². The fourth-order valence-corrected chi connectivity index (χ4v) is 4.69. The predicted molar refractivity (Wildman–Crippen MR) is 98.1 cm³/mol. The van der Waals surface area contributed by atoms with E-state index >= 15 is 0 Å². The van der Waals surface area contributed by atoms with E-state index in [1.807, 2.05) is 11.8 Å².